The van der Waals surface area contributed by atoms with Crippen LogP contribution in [-0.4, -0.2) is 27.8 Å². The number of rotatable bonds is 5. The van der Waals surface area contributed by atoms with Crippen LogP contribution in [-0.2, 0) is 16.4 Å². The van der Waals surface area contributed by atoms with Crippen molar-refractivity contribution in [2.75, 3.05) is 19.3 Å². The van der Waals surface area contributed by atoms with E-state index in [1.165, 1.54) is 18.2 Å². The first-order chi connectivity index (χ1) is 9.25. The van der Waals surface area contributed by atoms with Gasteiger partial charge in [0.2, 0.25) is 10.0 Å². The summed E-state index contributed by atoms with van der Waals surface area (Å²) in [5.74, 6) is 0.0754. The molecule has 2 N–H and O–H groups in total. The Bertz CT molecular complexity index is 599. The lowest BCUT2D eigenvalue weighted by Crippen LogP contribution is -2.36. The Labute approximate surface area is 126 Å². The summed E-state index contributed by atoms with van der Waals surface area (Å²) >= 11 is 6.08. The third kappa shape index (κ3) is 3.34. The van der Waals surface area contributed by atoms with Crippen LogP contribution in [0.3, 0.4) is 0 Å². The number of sulfonamides is 1. The van der Waals surface area contributed by atoms with Gasteiger partial charge in [0.25, 0.3) is 0 Å². The number of halogens is 1. The molecule has 0 fully saturated rings. The molecule has 112 valence electrons. The fraction of sp³-hybridized carbons (Fsp3) is 0.571. The highest BCUT2D eigenvalue weighted by molar-refractivity contribution is 7.89. The summed E-state index contributed by atoms with van der Waals surface area (Å²) in [4.78, 5) is 0. The van der Waals surface area contributed by atoms with Crippen LogP contribution >= 0.6 is 11.6 Å². The molecule has 1 aliphatic carbocycles. The van der Waals surface area contributed by atoms with Crippen LogP contribution in [0.4, 0.5) is 0 Å². The lowest BCUT2D eigenvalue weighted by molar-refractivity contribution is 0.273. The number of hydrogen-bond donors (Lipinski definition) is 2. The van der Waals surface area contributed by atoms with Crippen molar-refractivity contribution in [3.05, 3.63) is 34.3 Å². The molecule has 0 amide bonds. The van der Waals surface area contributed by atoms with Gasteiger partial charge in [-0.3, -0.25) is 0 Å². The first-order valence-electron chi connectivity index (χ1n) is 6.68. The number of fused-ring (bicyclic) bond motifs is 1. The highest BCUT2D eigenvalue weighted by atomic mass is 35.5. The Kier molecular flexibility index (Phi) is 4.44. The largest absolute Gasteiger partial charge is 0.308 e. The molecule has 0 radical (unpaired) electrons. The molecule has 1 unspecified atom stereocenters. The van der Waals surface area contributed by atoms with Crippen molar-refractivity contribution in [3.63, 3.8) is 0 Å². The lowest BCUT2D eigenvalue weighted by atomic mass is 9.85. The summed E-state index contributed by atoms with van der Waals surface area (Å²) in [5.41, 5.74) is 2.52. The van der Waals surface area contributed by atoms with Gasteiger partial charge in [-0.05, 0) is 42.1 Å². The van der Waals surface area contributed by atoms with E-state index in [1.807, 2.05) is 12.1 Å². The molecule has 0 saturated carbocycles. The van der Waals surface area contributed by atoms with E-state index in [-0.39, 0.29) is 17.2 Å². The molecule has 1 aromatic rings. The fourth-order valence-electron chi connectivity index (χ4n) is 2.84. The maximum Gasteiger partial charge on any atom is 0.212 e. The lowest BCUT2D eigenvalue weighted by Gasteiger charge is -2.28. The van der Waals surface area contributed by atoms with Crippen molar-refractivity contribution in [2.24, 2.45) is 5.41 Å². The minimum atomic E-state index is -3.17. The Morgan fingerprint density at radius 1 is 1.40 bits per heavy atom. The highest BCUT2D eigenvalue weighted by Crippen LogP contribution is 2.45. The molecular formula is C14H21ClN2O2S. The van der Waals surface area contributed by atoms with E-state index in [2.05, 4.69) is 30.0 Å². The molecule has 0 heterocycles. The van der Waals surface area contributed by atoms with Gasteiger partial charge < -0.3 is 5.32 Å². The van der Waals surface area contributed by atoms with E-state index in [1.54, 1.807) is 0 Å². The normalized spacial score (nSPS) is 20.9. The van der Waals surface area contributed by atoms with Gasteiger partial charge in [-0.1, -0.05) is 31.5 Å². The van der Waals surface area contributed by atoms with Crippen LogP contribution in [0.5, 0.6) is 0 Å². The van der Waals surface area contributed by atoms with Crippen molar-refractivity contribution < 1.29 is 8.42 Å². The van der Waals surface area contributed by atoms with Crippen molar-refractivity contribution >= 4 is 21.6 Å². The third-order valence-corrected chi connectivity index (χ3v) is 5.48. The van der Waals surface area contributed by atoms with Crippen LogP contribution in [0.1, 0.15) is 31.0 Å². The molecule has 6 heteroatoms. The van der Waals surface area contributed by atoms with E-state index < -0.39 is 10.0 Å². The van der Waals surface area contributed by atoms with Crippen molar-refractivity contribution in [1.29, 1.82) is 0 Å². The standard InChI is InChI=1S/C14H21ClN2O2S/c1-14(2)9-10-4-5-11(15)8-12(10)13(14)17-6-7-20(18,19)16-3/h4-5,8,13,16-17H,6-7,9H2,1-3H3. The maximum atomic E-state index is 11.5. The van der Waals surface area contributed by atoms with Crippen LogP contribution < -0.4 is 10.0 Å². The molecule has 2 rings (SSSR count). The molecule has 1 aliphatic rings. The summed E-state index contributed by atoms with van der Waals surface area (Å²) < 4.78 is 25.3. The average Bonchev–Trinajstić information content (AvgIpc) is 2.60. The molecule has 0 aromatic heterocycles. The Balaban J connectivity index is 2.13. The van der Waals surface area contributed by atoms with Gasteiger partial charge in [0.1, 0.15) is 0 Å². The maximum absolute atomic E-state index is 11.5. The smallest absolute Gasteiger partial charge is 0.212 e. The van der Waals surface area contributed by atoms with Crippen molar-refractivity contribution in [1.82, 2.24) is 10.0 Å². The summed E-state index contributed by atoms with van der Waals surface area (Å²) in [6, 6.07) is 6.08. The summed E-state index contributed by atoms with van der Waals surface area (Å²) in [6.07, 6.45) is 0.968. The second-order valence-electron chi connectivity index (χ2n) is 5.92. The predicted molar refractivity (Wildman–Crippen MR) is 82.5 cm³/mol. The molecule has 20 heavy (non-hydrogen) atoms. The van der Waals surface area contributed by atoms with Crippen LogP contribution in [0.15, 0.2) is 18.2 Å². The minimum absolute atomic E-state index is 0.0520. The predicted octanol–water partition coefficient (Wildman–Crippen LogP) is 2.10. The van der Waals surface area contributed by atoms with E-state index in [9.17, 15) is 8.42 Å². The van der Waals surface area contributed by atoms with Crippen molar-refractivity contribution in [3.8, 4) is 0 Å². The second-order valence-corrected chi connectivity index (χ2v) is 8.40. The Hall–Kier alpha value is -0.620. The second kappa shape index (κ2) is 5.64. The molecule has 0 bridgehead atoms. The number of benzene rings is 1. The monoisotopic (exact) mass is 316 g/mol. The third-order valence-electron chi connectivity index (χ3n) is 3.88. The zero-order chi connectivity index (χ0) is 15.0. The zero-order valence-electron chi connectivity index (χ0n) is 12.0. The van der Waals surface area contributed by atoms with Gasteiger partial charge >= 0.3 is 0 Å². The number of hydrogen-bond acceptors (Lipinski definition) is 3. The Morgan fingerprint density at radius 2 is 2.10 bits per heavy atom. The van der Waals surface area contributed by atoms with Crippen molar-refractivity contribution in [2.45, 2.75) is 26.3 Å². The van der Waals surface area contributed by atoms with Gasteiger partial charge in [0.15, 0.2) is 0 Å². The van der Waals surface area contributed by atoms with E-state index in [4.69, 9.17) is 11.6 Å². The molecule has 0 aliphatic heterocycles. The van der Waals surface area contributed by atoms with Crippen LogP contribution in [0.2, 0.25) is 5.02 Å². The quantitative estimate of drug-likeness (QED) is 0.874. The highest BCUT2D eigenvalue weighted by Gasteiger charge is 2.38. The van der Waals surface area contributed by atoms with Gasteiger partial charge in [0.05, 0.1) is 5.75 Å². The summed E-state index contributed by atoms with van der Waals surface area (Å²) in [5, 5.41) is 4.09. The number of nitrogens with one attached hydrogen (secondary N) is 2. The minimum Gasteiger partial charge on any atom is -0.308 e. The van der Waals surface area contributed by atoms with Crippen LogP contribution in [0, 0.1) is 5.41 Å². The molecule has 1 atom stereocenters. The summed E-state index contributed by atoms with van der Waals surface area (Å²) in [7, 11) is -1.74. The topological polar surface area (TPSA) is 58.2 Å². The van der Waals surface area contributed by atoms with Gasteiger partial charge in [-0.2, -0.15) is 0 Å². The van der Waals surface area contributed by atoms with Gasteiger partial charge in [-0.25, -0.2) is 13.1 Å². The van der Waals surface area contributed by atoms with Crippen LogP contribution in [0.25, 0.3) is 0 Å². The Morgan fingerprint density at radius 3 is 2.75 bits per heavy atom. The fourth-order valence-corrected chi connectivity index (χ4v) is 3.61. The zero-order valence-corrected chi connectivity index (χ0v) is 13.6. The first-order valence-corrected chi connectivity index (χ1v) is 8.71. The average molecular weight is 317 g/mol. The molecule has 0 saturated heterocycles. The van der Waals surface area contributed by atoms with Gasteiger partial charge in [0, 0.05) is 17.6 Å². The molecule has 0 spiro atoms. The van der Waals surface area contributed by atoms with Gasteiger partial charge in [-0.15, -0.1) is 0 Å². The molecular weight excluding hydrogens is 296 g/mol. The first kappa shape index (κ1) is 15.8. The van der Waals surface area contributed by atoms with E-state index >= 15 is 0 Å². The van der Waals surface area contributed by atoms with E-state index in [0.717, 1.165) is 11.4 Å². The molecule has 4 nitrogen and oxygen atoms in total. The van der Waals surface area contributed by atoms with E-state index in [0.29, 0.717) is 6.54 Å². The summed E-state index contributed by atoms with van der Waals surface area (Å²) in [6.45, 7) is 4.79. The molecule has 1 aromatic carbocycles. The SMILES string of the molecule is CNS(=O)(=O)CCNC1c2cc(Cl)ccc2CC1(C)C.